The lowest BCUT2D eigenvalue weighted by atomic mass is 9.84. The van der Waals surface area contributed by atoms with Gasteiger partial charge in [0.2, 0.25) is 11.8 Å². The van der Waals surface area contributed by atoms with Crippen LogP contribution in [0, 0.1) is 17.8 Å². The zero-order valence-electron chi connectivity index (χ0n) is 18.5. The van der Waals surface area contributed by atoms with E-state index >= 15 is 0 Å². The fourth-order valence-electron chi connectivity index (χ4n) is 5.44. The molecule has 1 N–H and O–H groups in total. The quantitative estimate of drug-likeness (QED) is 0.786. The summed E-state index contributed by atoms with van der Waals surface area (Å²) in [6, 6.07) is 0.314. The van der Waals surface area contributed by atoms with Crippen LogP contribution >= 0.6 is 0 Å². The maximum absolute atomic E-state index is 12.6. The molecule has 1 amide bonds. The Morgan fingerprint density at radius 2 is 1.90 bits per heavy atom. The number of piperazine rings is 1. The summed E-state index contributed by atoms with van der Waals surface area (Å²) < 4.78 is 5.39. The maximum atomic E-state index is 12.6. The van der Waals surface area contributed by atoms with Crippen molar-refractivity contribution in [3.8, 4) is 0 Å². The minimum Gasteiger partial charge on any atom is -0.352 e. The molecule has 4 atom stereocenters. The highest BCUT2D eigenvalue weighted by molar-refractivity contribution is 5.78. The van der Waals surface area contributed by atoms with Crippen LogP contribution in [0.3, 0.4) is 0 Å². The molecule has 2 heterocycles. The summed E-state index contributed by atoms with van der Waals surface area (Å²) in [5, 5.41) is 7.42. The molecule has 7 heteroatoms. The van der Waals surface area contributed by atoms with Crippen LogP contribution in [0.4, 0.5) is 0 Å². The van der Waals surface area contributed by atoms with Crippen molar-refractivity contribution in [2.45, 2.75) is 71.4 Å². The van der Waals surface area contributed by atoms with Crippen molar-refractivity contribution >= 4 is 5.91 Å². The third kappa shape index (κ3) is 5.00. The maximum Gasteiger partial charge on any atom is 0.234 e. The van der Waals surface area contributed by atoms with Crippen LogP contribution in [0.1, 0.15) is 65.1 Å². The lowest BCUT2D eigenvalue weighted by Gasteiger charge is -2.34. The van der Waals surface area contributed by atoms with E-state index in [9.17, 15) is 4.79 Å². The van der Waals surface area contributed by atoms with Gasteiger partial charge in [0.05, 0.1) is 13.1 Å². The Morgan fingerprint density at radius 3 is 2.48 bits per heavy atom. The average Bonchev–Trinajstić information content (AvgIpc) is 3.39. The van der Waals surface area contributed by atoms with Gasteiger partial charge in [-0.3, -0.25) is 14.6 Å². The van der Waals surface area contributed by atoms with E-state index in [1.807, 2.05) is 0 Å². The summed E-state index contributed by atoms with van der Waals surface area (Å²) in [5.41, 5.74) is -0.119. The number of rotatable bonds is 6. The molecular weight excluding hydrogens is 366 g/mol. The molecule has 4 unspecified atom stereocenters. The zero-order valence-corrected chi connectivity index (χ0v) is 18.5. The molecule has 0 aromatic carbocycles. The van der Waals surface area contributed by atoms with Crippen molar-refractivity contribution in [2.24, 2.45) is 17.8 Å². The molecule has 0 spiro atoms. The molecule has 3 fully saturated rings. The second-order valence-electron chi connectivity index (χ2n) is 10.5. The Kier molecular flexibility index (Phi) is 5.98. The van der Waals surface area contributed by atoms with Crippen LogP contribution in [-0.4, -0.2) is 64.6 Å². The molecular formula is C22H37N5O2. The molecule has 1 aromatic rings. The highest BCUT2D eigenvalue weighted by Crippen LogP contribution is 2.49. The number of hydrogen-bond donors (Lipinski definition) is 1. The Bertz CT molecular complexity index is 704. The number of aromatic nitrogens is 2. The van der Waals surface area contributed by atoms with E-state index in [1.165, 1.54) is 25.7 Å². The second-order valence-corrected chi connectivity index (χ2v) is 10.5. The Hall–Kier alpha value is -1.47. The molecule has 162 valence electrons. The molecule has 3 aliphatic rings. The lowest BCUT2D eigenvalue weighted by Crippen LogP contribution is -2.51. The van der Waals surface area contributed by atoms with E-state index in [4.69, 9.17) is 4.52 Å². The van der Waals surface area contributed by atoms with E-state index in [1.54, 1.807) is 0 Å². The van der Waals surface area contributed by atoms with Crippen LogP contribution < -0.4 is 5.32 Å². The highest BCUT2D eigenvalue weighted by Gasteiger charge is 2.42. The van der Waals surface area contributed by atoms with Crippen molar-refractivity contribution < 1.29 is 9.32 Å². The average molecular weight is 404 g/mol. The van der Waals surface area contributed by atoms with Crippen molar-refractivity contribution in [1.82, 2.24) is 25.3 Å². The van der Waals surface area contributed by atoms with Gasteiger partial charge >= 0.3 is 0 Å². The molecule has 4 rings (SSSR count). The SMILES string of the molecule is CC(NC(=O)CN1CCN(Cc2noc(C(C)(C)C)n2)CC1)C1CC2CCC1C2. The third-order valence-electron chi connectivity index (χ3n) is 7.13. The normalized spacial score (nSPS) is 29.3. The summed E-state index contributed by atoms with van der Waals surface area (Å²) >= 11 is 0. The molecule has 1 aromatic heterocycles. The van der Waals surface area contributed by atoms with Gasteiger partial charge in [-0.15, -0.1) is 0 Å². The summed E-state index contributed by atoms with van der Waals surface area (Å²) in [4.78, 5) is 21.7. The van der Waals surface area contributed by atoms with Crippen molar-refractivity contribution in [1.29, 1.82) is 0 Å². The van der Waals surface area contributed by atoms with Crippen molar-refractivity contribution in [2.75, 3.05) is 32.7 Å². The number of carbonyl (C=O) groups is 1. The fraction of sp³-hybridized carbons (Fsp3) is 0.864. The molecule has 1 aliphatic heterocycles. The second kappa shape index (κ2) is 8.34. The molecule has 1 saturated heterocycles. The molecule has 2 bridgehead atoms. The van der Waals surface area contributed by atoms with Gasteiger partial charge in [-0.2, -0.15) is 4.98 Å². The van der Waals surface area contributed by atoms with Gasteiger partial charge in [0.1, 0.15) is 0 Å². The number of amides is 1. The van der Waals surface area contributed by atoms with Gasteiger partial charge in [-0.1, -0.05) is 32.3 Å². The molecule has 7 nitrogen and oxygen atoms in total. The van der Waals surface area contributed by atoms with Crippen molar-refractivity contribution in [3.05, 3.63) is 11.7 Å². The zero-order chi connectivity index (χ0) is 20.6. The lowest BCUT2D eigenvalue weighted by molar-refractivity contribution is -0.123. The number of fused-ring (bicyclic) bond motifs is 2. The van der Waals surface area contributed by atoms with E-state index in [0.29, 0.717) is 30.9 Å². The standard InChI is InChI=1S/C22H37N5O2/c1-15(18-12-16-5-6-17(18)11-16)23-20(28)14-27-9-7-26(8-10-27)13-19-24-21(29-25-19)22(2,3)4/h15-18H,5-14H2,1-4H3,(H,23,28). The number of nitrogens with one attached hydrogen (secondary N) is 1. The van der Waals surface area contributed by atoms with Crippen LogP contribution in [-0.2, 0) is 16.8 Å². The van der Waals surface area contributed by atoms with Crippen LogP contribution in [0.5, 0.6) is 0 Å². The molecule has 2 aliphatic carbocycles. The van der Waals surface area contributed by atoms with Gasteiger partial charge in [0.25, 0.3) is 0 Å². The topological polar surface area (TPSA) is 74.5 Å². The molecule has 2 saturated carbocycles. The van der Waals surface area contributed by atoms with E-state index in [-0.39, 0.29) is 11.3 Å². The van der Waals surface area contributed by atoms with E-state index in [0.717, 1.165) is 43.8 Å². The van der Waals surface area contributed by atoms with Gasteiger partial charge in [-0.05, 0) is 43.9 Å². The Labute approximate surface area is 174 Å². The number of hydrogen-bond acceptors (Lipinski definition) is 6. The van der Waals surface area contributed by atoms with Gasteiger partial charge in [-0.25, -0.2) is 0 Å². The van der Waals surface area contributed by atoms with Crippen LogP contribution in [0.2, 0.25) is 0 Å². The molecule has 29 heavy (non-hydrogen) atoms. The van der Waals surface area contributed by atoms with Crippen LogP contribution in [0.25, 0.3) is 0 Å². The Morgan fingerprint density at radius 1 is 1.17 bits per heavy atom. The first kappa shape index (κ1) is 20.8. The fourth-order valence-corrected chi connectivity index (χ4v) is 5.44. The first-order valence-electron chi connectivity index (χ1n) is 11.3. The van der Waals surface area contributed by atoms with Gasteiger partial charge < -0.3 is 9.84 Å². The molecule has 0 radical (unpaired) electrons. The van der Waals surface area contributed by atoms with Gasteiger partial charge in [0.15, 0.2) is 5.82 Å². The van der Waals surface area contributed by atoms with E-state index in [2.05, 4.69) is 53.0 Å². The predicted octanol–water partition coefficient (Wildman–Crippen LogP) is 2.43. The summed E-state index contributed by atoms with van der Waals surface area (Å²) in [5.74, 6) is 4.09. The summed E-state index contributed by atoms with van der Waals surface area (Å²) in [7, 11) is 0. The minimum atomic E-state index is -0.119. The number of nitrogens with zero attached hydrogens (tertiary/aromatic N) is 4. The monoisotopic (exact) mass is 403 g/mol. The van der Waals surface area contributed by atoms with Gasteiger partial charge in [0, 0.05) is 37.6 Å². The first-order valence-corrected chi connectivity index (χ1v) is 11.3. The third-order valence-corrected chi connectivity index (χ3v) is 7.13. The number of carbonyl (C=O) groups excluding carboxylic acids is 1. The summed E-state index contributed by atoms with van der Waals surface area (Å²) in [6.45, 7) is 13.3. The van der Waals surface area contributed by atoms with Crippen molar-refractivity contribution in [3.63, 3.8) is 0 Å². The first-order chi connectivity index (χ1) is 13.8. The van der Waals surface area contributed by atoms with Crippen LogP contribution in [0.15, 0.2) is 4.52 Å². The minimum absolute atomic E-state index is 0.119. The Balaban J connectivity index is 1.18. The van der Waals surface area contributed by atoms with E-state index < -0.39 is 0 Å². The summed E-state index contributed by atoms with van der Waals surface area (Å²) in [6.07, 6.45) is 5.49. The smallest absolute Gasteiger partial charge is 0.234 e. The highest BCUT2D eigenvalue weighted by atomic mass is 16.5. The predicted molar refractivity (Wildman–Crippen MR) is 111 cm³/mol. The largest absolute Gasteiger partial charge is 0.352 e.